The molecular formula is C13H26N2O. The topological polar surface area (TPSA) is 41.1 Å². The van der Waals surface area contributed by atoms with Gasteiger partial charge in [-0.2, -0.15) is 0 Å². The van der Waals surface area contributed by atoms with Gasteiger partial charge in [0.1, 0.15) is 0 Å². The lowest BCUT2D eigenvalue weighted by Gasteiger charge is -2.15. The summed E-state index contributed by atoms with van der Waals surface area (Å²) < 4.78 is 0. The Balaban J connectivity index is 2.09. The molecule has 2 N–H and O–H groups in total. The van der Waals surface area contributed by atoms with Gasteiger partial charge in [0.25, 0.3) is 0 Å². The first-order chi connectivity index (χ1) is 7.58. The monoisotopic (exact) mass is 226 g/mol. The Morgan fingerprint density at radius 2 is 2.19 bits per heavy atom. The third kappa shape index (κ3) is 5.50. The maximum atomic E-state index is 11.7. The standard InChI is InChI=1S/C13H26N2O/c1-10(2)7-11(3)8-13(16)15-9-12-5-4-6-14-12/h10-12,14H,4-9H2,1-3H3,(H,15,16). The van der Waals surface area contributed by atoms with Gasteiger partial charge < -0.3 is 10.6 Å². The van der Waals surface area contributed by atoms with Gasteiger partial charge in [0.15, 0.2) is 0 Å². The molecule has 3 heteroatoms. The van der Waals surface area contributed by atoms with Crippen LogP contribution in [0.1, 0.15) is 46.5 Å². The van der Waals surface area contributed by atoms with E-state index in [0.29, 0.717) is 24.3 Å². The molecule has 0 spiro atoms. The fraction of sp³-hybridized carbons (Fsp3) is 0.923. The van der Waals surface area contributed by atoms with Crippen molar-refractivity contribution in [2.75, 3.05) is 13.1 Å². The molecule has 16 heavy (non-hydrogen) atoms. The van der Waals surface area contributed by atoms with Crippen molar-refractivity contribution in [3.8, 4) is 0 Å². The summed E-state index contributed by atoms with van der Waals surface area (Å²) in [7, 11) is 0. The highest BCUT2D eigenvalue weighted by Gasteiger charge is 2.15. The van der Waals surface area contributed by atoms with Crippen molar-refractivity contribution in [2.24, 2.45) is 11.8 Å². The number of amides is 1. The molecule has 0 aromatic rings. The van der Waals surface area contributed by atoms with E-state index in [2.05, 4.69) is 31.4 Å². The van der Waals surface area contributed by atoms with Gasteiger partial charge in [-0.05, 0) is 37.6 Å². The van der Waals surface area contributed by atoms with Gasteiger partial charge in [-0.25, -0.2) is 0 Å². The second-order valence-electron chi connectivity index (χ2n) is 5.54. The largest absolute Gasteiger partial charge is 0.355 e. The molecular weight excluding hydrogens is 200 g/mol. The van der Waals surface area contributed by atoms with Crippen LogP contribution in [-0.2, 0) is 4.79 Å². The van der Waals surface area contributed by atoms with Crippen molar-refractivity contribution in [1.82, 2.24) is 10.6 Å². The Morgan fingerprint density at radius 3 is 2.75 bits per heavy atom. The van der Waals surface area contributed by atoms with Crippen molar-refractivity contribution in [1.29, 1.82) is 0 Å². The highest BCUT2D eigenvalue weighted by Crippen LogP contribution is 2.14. The number of rotatable bonds is 6. The van der Waals surface area contributed by atoms with E-state index in [1.165, 1.54) is 12.8 Å². The molecule has 0 radical (unpaired) electrons. The van der Waals surface area contributed by atoms with Crippen LogP contribution in [0.15, 0.2) is 0 Å². The van der Waals surface area contributed by atoms with E-state index in [1.54, 1.807) is 0 Å². The van der Waals surface area contributed by atoms with Gasteiger partial charge in [-0.15, -0.1) is 0 Å². The molecule has 94 valence electrons. The molecule has 3 nitrogen and oxygen atoms in total. The smallest absolute Gasteiger partial charge is 0.220 e. The summed E-state index contributed by atoms with van der Waals surface area (Å²) in [5, 5.41) is 6.41. The molecule has 1 saturated heterocycles. The molecule has 2 atom stereocenters. The normalized spacial score (nSPS) is 22.4. The van der Waals surface area contributed by atoms with Crippen molar-refractivity contribution in [3.63, 3.8) is 0 Å². The zero-order chi connectivity index (χ0) is 12.0. The second kappa shape index (κ2) is 6.89. The maximum Gasteiger partial charge on any atom is 0.220 e. The minimum absolute atomic E-state index is 0.210. The molecule has 0 aromatic heterocycles. The van der Waals surface area contributed by atoms with E-state index in [-0.39, 0.29) is 5.91 Å². The zero-order valence-corrected chi connectivity index (χ0v) is 10.9. The van der Waals surface area contributed by atoms with Crippen molar-refractivity contribution < 1.29 is 4.79 Å². The molecule has 1 aliphatic heterocycles. The predicted octanol–water partition coefficient (Wildman–Crippen LogP) is 1.93. The first-order valence-electron chi connectivity index (χ1n) is 6.58. The number of hydrogen-bond acceptors (Lipinski definition) is 2. The number of carbonyl (C=O) groups is 1. The summed E-state index contributed by atoms with van der Waals surface area (Å²) in [6.45, 7) is 8.47. The lowest BCUT2D eigenvalue weighted by Crippen LogP contribution is -2.37. The minimum atomic E-state index is 0.210. The summed E-state index contributed by atoms with van der Waals surface area (Å²) in [6, 6.07) is 0.504. The fourth-order valence-corrected chi connectivity index (χ4v) is 2.44. The third-order valence-corrected chi connectivity index (χ3v) is 3.12. The first-order valence-corrected chi connectivity index (χ1v) is 6.58. The van der Waals surface area contributed by atoms with Crippen LogP contribution in [0.3, 0.4) is 0 Å². The molecule has 1 aliphatic rings. The molecule has 1 fully saturated rings. The molecule has 1 rings (SSSR count). The van der Waals surface area contributed by atoms with Crippen LogP contribution in [-0.4, -0.2) is 25.0 Å². The zero-order valence-electron chi connectivity index (χ0n) is 10.9. The molecule has 0 aliphatic carbocycles. The van der Waals surface area contributed by atoms with Crippen LogP contribution in [0.2, 0.25) is 0 Å². The van der Waals surface area contributed by atoms with Gasteiger partial charge in [-0.1, -0.05) is 20.8 Å². The van der Waals surface area contributed by atoms with E-state index >= 15 is 0 Å². The average molecular weight is 226 g/mol. The average Bonchev–Trinajstić information content (AvgIpc) is 2.65. The molecule has 0 saturated carbocycles. The first kappa shape index (κ1) is 13.5. The molecule has 2 unspecified atom stereocenters. The molecule has 1 amide bonds. The lowest BCUT2D eigenvalue weighted by molar-refractivity contribution is -0.122. The number of nitrogens with one attached hydrogen (secondary N) is 2. The lowest BCUT2D eigenvalue weighted by atomic mass is 9.96. The highest BCUT2D eigenvalue weighted by molar-refractivity contribution is 5.76. The Bertz CT molecular complexity index is 210. The summed E-state index contributed by atoms with van der Waals surface area (Å²) in [5.74, 6) is 1.39. The minimum Gasteiger partial charge on any atom is -0.355 e. The van der Waals surface area contributed by atoms with Gasteiger partial charge in [-0.3, -0.25) is 4.79 Å². The van der Waals surface area contributed by atoms with Crippen LogP contribution < -0.4 is 10.6 Å². The van der Waals surface area contributed by atoms with Crippen molar-refractivity contribution in [2.45, 2.75) is 52.5 Å². The van der Waals surface area contributed by atoms with Gasteiger partial charge in [0.2, 0.25) is 5.91 Å². The Kier molecular flexibility index (Phi) is 5.81. The third-order valence-electron chi connectivity index (χ3n) is 3.12. The summed E-state index contributed by atoms with van der Waals surface area (Å²) >= 11 is 0. The Hall–Kier alpha value is -0.570. The summed E-state index contributed by atoms with van der Waals surface area (Å²) in [4.78, 5) is 11.7. The number of hydrogen-bond donors (Lipinski definition) is 2. The highest BCUT2D eigenvalue weighted by atomic mass is 16.1. The maximum absolute atomic E-state index is 11.7. The van der Waals surface area contributed by atoms with E-state index in [0.717, 1.165) is 19.5 Å². The van der Waals surface area contributed by atoms with Crippen LogP contribution in [0, 0.1) is 11.8 Å². The SMILES string of the molecule is CC(C)CC(C)CC(=O)NCC1CCCN1. The van der Waals surface area contributed by atoms with Gasteiger partial charge >= 0.3 is 0 Å². The van der Waals surface area contributed by atoms with Crippen LogP contribution in [0.4, 0.5) is 0 Å². The van der Waals surface area contributed by atoms with Crippen LogP contribution in [0.5, 0.6) is 0 Å². The Labute approximate surface area is 99.4 Å². The van der Waals surface area contributed by atoms with E-state index < -0.39 is 0 Å². The van der Waals surface area contributed by atoms with Crippen LogP contribution >= 0.6 is 0 Å². The second-order valence-corrected chi connectivity index (χ2v) is 5.54. The van der Waals surface area contributed by atoms with E-state index in [1.807, 2.05) is 0 Å². The van der Waals surface area contributed by atoms with E-state index in [4.69, 9.17) is 0 Å². The van der Waals surface area contributed by atoms with E-state index in [9.17, 15) is 4.79 Å². The predicted molar refractivity (Wildman–Crippen MR) is 67.3 cm³/mol. The van der Waals surface area contributed by atoms with Crippen molar-refractivity contribution >= 4 is 5.91 Å². The van der Waals surface area contributed by atoms with Gasteiger partial charge in [0.05, 0.1) is 0 Å². The fourth-order valence-electron chi connectivity index (χ4n) is 2.44. The summed E-state index contributed by atoms with van der Waals surface area (Å²) in [6.07, 6.45) is 4.24. The Morgan fingerprint density at radius 1 is 1.44 bits per heavy atom. The quantitative estimate of drug-likeness (QED) is 0.726. The molecule has 0 bridgehead atoms. The summed E-state index contributed by atoms with van der Waals surface area (Å²) in [5.41, 5.74) is 0. The van der Waals surface area contributed by atoms with Gasteiger partial charge in [0, 0.05) is 19.0 Å². The molecule has 0 aromatic carbocycles. The van der Waals surface area contributed by atoms with Crippen molar-refractivity contribution in [3.05, 3.63) is 0 Å². The van der Waals surface area contributed by atoms with Crippen LogP contribution in [0.25, 0.3) is 0 Å². The molecule has 1 heterocycles. The number of carbonyl (C=O) groups excluding carboxylic acids is 1.